The topological polar surface area (TPSA) is 12.0 Å². The molecule has 126 valence electrons. The fourth-order valence-electron chi connectivity index (χ4n) is 3.31. The van der Waals surface area contributed by atoms with Crippen molar-refractivity contribution in [1.82, 2.24) is 0 Å². The van der Waals surface area contributed by atoms with Gasteiger partial charge in [0.05, 0.1) is 11.6 Å². The predicted octanol–water partition coefficient (Wildman–Crippen LogP) is 6.08. The molecule has 0 aromatic heterocycles. The summed E-state index contributed by atoms with van der Waals surface area (Å²) in [6.45, 7) is 0. The molecule has 1 heterocycles. The van der Waals surface area contributed by atoms with Crippen LogP contribution >= 0.6 is 0 Å². The van der Waals surface area contributed by atoms with E-state index in [1.807, 2.05) is 42.5 Å². The lowest BCUT2D eigenvalue weighted by Crippen LogP contribution is -2.09. The molecule has 1 aliphatic heterocycles. The van der Waals surface area contributed by atoms with Gasteiger partial charge >= 0.3 is 6.18 Å². The smallest absolute Gasteiger partial charge is 0.378 e. The molecule has 4 rings (SSSR count). The third kappa shape index (κ3) is 3.12. The molecule has 0 bridgehead atoms. The number of hydrogen-bond acceptors (Lipinski definition) is 1. The number of fused-ring (bicyclic) bond motifs is 1. The highest BCUT2D eigenvalue weighted by atomic mass is 19.4. The highest BCUT2D eigenvalue weighted by Crippen LogP contribution is 2.38. The maximum atomic E-state index is 12.9. The van der Waals surface area contributed by atoms with E-state index < -0.39 is 11.7 Å². The molecule has 0 amide bonds. The van der Waals surface area contributed by atoms with E-state index in [0.717, 1.165) is 28.4 Å². The van der Waals surface area contributed by atoms with E-state index in [1.165, 1.54) is 12.1 Å². The van der Waals surface area contributed by atoms with Crippen LogP contribution in [0.2, 0.25) is 0 Å². The lowest BCUT2D eigenvalue weighted by atomic mass is 9.98. The average molecular weight is 339 g/mol. The number of halogens is 3. The number of hydrogen-bond donors (Lipinski definition) is 1. The van der Waals surface area contributed by atoms with Gasteiger partial charge in [0.1, 0.15) is 0 Å². The van der Waals surface area contributed by atoms with Crippen LogP contribution in [0.1, 0.15) is 22.7 Å². The Balaban J connectivity index is 1.62. The molecule has 1 unspecified atom stereocenters. The Hall–Kier alpha value is -2.75. The lowest BCUT2D eigenvalue weighted by Gasteiger charge is -2.14. The van der Waals surface area contributed by atoms with Crippen molar-refractivity contribution in [3.8, 4) is 11.1 Å². The zero-order chi connectivity index (χ0) is 17.4. The Labute approximate surface area is 144 Å². The van der Waals surface area contributed by atoms with Crippen LogP contribution in [-0.4, -0.2) is 0 Å². The summed E-state index contributed by atoms with van der Waals surface area (Å²) in [6, 6.07) is 21.6. The van der Waals surface area contributed by atoms with Gasteiger partial charge in [0.25, 0.3) is 0 Å². The SMILES string of the molecule is FC(F)(F)c1cccc(C2Cc3cc(-c4ccccc4)ccc3N2)c1. The quantitative estimate of drug-likeness (QED) is 0.596. The molecule has 1 nitrogen and oxygen atoms in total. The standard InChI is InChI=1S/C21H16F3N/c22-21(23,24)18-8-4-7-16(12-18)20-13-17-11-15(9-10-19(17)25-20)14-5-2-1-3-6-14/h1-12,20,25H,13H2. The van der Waals surface area contributed by atoms with Crippen LogP contribution in [0.3, 0.4) is 0 Å². The Kier molecular flexibility index (Phi) is 3.75. The summed E-state index contributed by atoms with van der Waals surface area (Å²) in [5, 5.41) is 3.34. The van der Waals surface area contributed by atoms with E-state index in [2.05, 4.69) is 11.4 Å². The Morgan fingerprint density at radius 3 is 2.36 bits per heavy atom. The molecule has 0 radical (unpaired) electrons. The third-order valence-electron chi connectivity index (χ3n) is 4.58. The molecule has 1 atom stereocenters. The summed E-state index contributed by atoms with van der Waals surface area (Å²) in [5.74, 6) is 0. The van der Waals surface area contributed by atoms with Crippen molar-refractivity contribution < 1.29 is 13.2 Å². The zero-order valence-corrected chi connectivity index (χ0v) is 13.3. The van der Waals surface area contributed by atoms with Crippen molar-refractivity contribution >= 4 is 5.69 Å². The van der Waals surface area contributed by atoms with Crippen molar-refractivity contribution in [2.24, 2.45) is 0 Å². The summed E-state index contributed by atoms with van der Waals surface area (Å²) in [4.78, 5) is 0. The van der Waals surface area contributed by atoms with Gasteiger partial charge in [-0.1, -0.05) is 48.5 Å². The minimum Gasteiger partial charge on any atom is -0.378 e. The minimum atomic E-state index is -4.32. The van der Waals surface area contributed by atoms with Crippen molar-refractivity contribution in [1.29, 1.82) is 0 Å². The zero-order valence-electron chi connectivity index (χ0n) is 13.3. The molecular weight excluding hydrogens is 323 g/mol. The highest BCUT2D eigenvalue weighted by Gasteiger charge is 2.31. The normalized spacial score (nSPS) is 16.4. The molecule has 1 N–H and O–H groups in total. The second kappa shape index (κ2) is 5.96. The van der Waals surface area contributed by atoms with Crippen molar-refractivity contribution in [3.05, 3.63) is 89.5 Å². The molecule has 0 aliphatic carbocycles. The van der Waals surface area contributed by atoms with Gasteiger partial charge in [0.15, 0.2) is 0 Å². The monoisotopic (exact) mass is 339 g/mol. The van der Waals surface area contributed by atoms with Crippen LogP contribution in [0.4, 0.5) is 18.9 Å². The van der Waals surface area contributed by atoms with Gasteiger partial charge in [0.2, 0.25) is 0 Å². The van der Waals surface area contributed by atoms with E-state index >= 15 is 0 Å². The fourth-order valence-corrected chi connectivity index (χ4v) is 3.31. The molecule has 0 fully saturated rings. The van der Waals surface area contributed by atoms with E-state index in [-0.39, 0.29) is 6.04 Å². The van der Waals surface area contributed by atoms with Crippen LogP contribution in [0.5, 0.6) is 0 Å². The van der Waals surface area contributed by atoms with Crippen LogP contribution in [0, 0.1) is 0 Å². The van der Waals surface area contributed by atoms with Crippen LogP contribution in [0.25, 0.3) is 11.1 Å². The van der Waals surface area contributed by atoms with E-state index in [1.54, 1.807) is 6.07 Å². The van der Waals surface area contributed by atoms with Gasteiger partial charge in [-0.05, 0) is 52.9 Å². The first kappa shape index (κ1) is 15.8. The number of rotatable bonds is 2. The van der Waals surface area contributed by atoms with Gasteiger partial charge in [0, 0.05) is 5.69 Å². The second-order valence-corrected chi connectivity index (χ2v) is 6.26. The van der Waals surface area contributed by atoms with Crippen molar-refractivity contribution in [3.63, 3.8) is 0 Å². The molecule has 0 spiro atoms. The van der Waals surface area contributed by atoms with Crippen molar-refractivity contribution in [2.45, 2.75) is 18.6 Å². The molecule has 1 aliphatic rings. The van der Waals surface area contributed by atoms with Crippen LogP contribution < -0.4 is 5.32 Å². The number of anilines is 1. The van der Waals surface area contributed by atoms with E-state index in [4.69, 9.17) is 0 Å². The molecule has 4 heteroatoms. The van der Waals surface area contributed by atoms with Gasteiger partial charge in [-0.15, -0.1) is 0 Å². The largest absolute Gasteiger partial charge is 0.416 e. The molecule has 3 aromatic rings. The molecule has 25 heavy (non-hydrogen) atoms. The maximum absolute atomic E-state index is 12.9. The first-order valence-corrected chi connectivity index (χ1v) is 8.13. The first-order chi connectivity index (χ1) is 12.0. The Bertz CT molecular complexity index is 901. The third-order valence-corrected chi connectivity index (χ3v) is 4.58. The molecule has 0 saturated heterocycles. The first-order valence-electron chi connectivity index (χ1n) is 8.13. The van der Waals surface area contributed by atoms with Gasteiger partial charge in [-0.3, -0.25) is 0 Å². The summed E-state index contributed by atoms with van der Waals surface area (Å²) >= 11 is 0. The summed E-state index contributed by atoms with van der Waals surface area (Å²) in [6.07, 6.45) is -3.64. The molecule has 0 saturated carbocycles. The van der Waals surface area contributed by atoms with Gasteiger partial charge in [-0.2, -0.15) is 13.2 Å². The number of nitrogens with one attached hydrogen (secondary N) is 1. The minimum absolute atomic E-state index is 0.136. The number of alkyl halides is 3. The highest BCUT2D eigenvalue weighted by molar-refractivity contribution is 5.70. The summed E-state index contributed by atoms with van der Waals surface area (Å²) in [5.41, 5.74) is 4.42. The second-order valence-electron chi connectivity index (χ2n) is 6.26. The number of benzene rings is 3. The van der Waals surface area contributed by atoms with Crippen LogP contribution in [-0.2, 0) is 12.6 Å². The van der Waals surface area contributed by atoms with Crippen molar-refractivity contribution in [2.75, 3.05) is 5.32 Å². The lowest BCUT2D eigenvalue weighted by molar-refractivity contribution is -0.137. The Morgan fingerprint density at radius 2 is 1.60 bits per heavy atom. The van der Waals surface area contributed by atoms with E-state index in [9.17, 15) is 13.2 Å². The average Bonchev–Trinajstić information content (AvgIpc) is 3.05. The maximum Gasteiger partial charge on any atom is 0.416 e. The molecular formula is C21H16F3N. The van der Waals surface area contributed by atoms with Gasteiger partial charge < -0.3 is 5.32 Å². The van der Waals surface area contributed by atoms with Crippen LogP contribution in [0.15, 0.2) is 72.8 Å². The van der Waals surface area contributed by atoms with E-state index in [0.29, 0.717) is 12.0 Å². The molecule has 3 aromatic carbocycles. The fraction of sp³-hybridized carbons (Fsp3) is 0.143. The predicted molar refractivity (Wildman–Crippen MR) is 93.4 cm³/mol. The summed E-state index contributed by atoms with van der Waals surface area (Å²) in [7, 11) is 0. The Morgan fingerprint density at radius 1 is 0.800 bits per heavy atom. The van der Waals surface area contributed by atoms with Gasteiger partial charge in [-0.25, -0.2) is 0 Å². The summed E-state index contributed by atoms with van der Waals surface area (Å²) < 4.78 is 38.8.